The Morgan fingerprint density at radius 3 is 2.76 bits per heavy atom. The summed E-state index contributed by atoms with van der Waals surface area (Å²) in [7, 11) is 0. The summed E-state index contributed by atoms with van der Waals surface area (Å²) in [5.74, 6) is -0.675. The highest BCUT2D eigenvalue weighted by atomic mass is 16.5. The van der Waals surface area contributed by atoms with Gasteiger partial charge in [-0.25, -0.2) is 5.48 Å². The highest BCUT2D eigenvalue weighted by Gasteiger charge is 2.53. The molecule has 7 heteroatoms. The monoisotopic (exact) mass is 344 g/mol. The molecule has 2 amide bonds. The van der Waals surface area contributed by atoms with Crippen molar-refractivity contribution in [3.8, 4) is 0 Å². The molecule has 4 rings (SSSR count). The molecule has 1 aromatic heterocycles. The first-order valence-corrected chi connectivity index (χ1v) is 8.98. The van der Waals surface area contributed by atoms with Crippen LogP contribution in [0.2, 0.25) is 0 Å². The topological polar surface area (TPSA) is 94.6 Å². The Morgan fingerprint density at radius 2 is 2.08 bits per heavy atom. The van der Waals surface area contributed by atoms with Gasteiger partial charge in [-0.15, -0.1) is 0 Å². The number of amides is 2. The van der Waals surface area contributed by atoms with Crippen molar-refractivity contribution in [3.05, 3.63) is 30.1 Å². The molecule has 3 heterocycles. The van der Waals surface area contributed by atoms with E-state index in [4.69, 9.17) is 5.21 Å². The number of nitrogens with zero attached hydrogens (tertiary/aromatic N) is 2. The Bertz CT molecular complexity index is 662. The third-order valence-corrected chi connectivity index (χ3v) is 6.10. The van der Waals surface area contributed by atoms with Crippen LogP contribution in [0.25, 0.3) is 0 Å². The molecule has 7 nitrogen and oxygen atoms in total. The van der Waals surface area contributed by atoms with Gasteiger partial charge >= 0.3 is 0 Å². The minimum Gasteiger partial charge on any atom is -0.341 e. The molecular formula is C18H24N4O3. The van der Waals surface area contributed by atoms with Crippen molar-refractivity contribution in [1.29, 1.82) is 0 Å². The maximum atomic E-state index is 13.0. The lowest BCUT2D eigenvalue weighted by Crippen LogP contribution is -2.58. The molecule has 0 aromatic carbocycles. The van der Waals surface area contributed by atoms with Crippen molar-refractivity contribution in [1.82, 2.24) is 20.7 Å². The van der Waals surface area contributed by atoms with Crippen molar-refractivity contribution in [2.24, 2.45) is 11.3 Å². The molecule has 2 aliphatic heterocycles. The van der Waals surface area contributed by atoms with Gasteiger partial charge in [0.1, 0.15) is 0 Å². The van der Waals surface area contributed by atoms with E-state index in [1.165, 1.54) is 5.56 Å². The lowest BCUT2D eigenvalue weighted by atomic mass is 9.81. The van der Waals surface area contributed by atoms with E-state index in [1.54, 1.807) is 17.9 Å². The molecule has 1 saturated carbocycles. The van der Waals surface area contributed by atoms with Gasteiger partial charge in [0.2, 0.25) is 11.8 Å². The van der Waals surface area contributed by atoms with Gasteiger partial charge in [0, 0.05) is 37.9 Å². The van der Waals surface area contributed by atoms with E-state index >= 15 is 0 Å². The van der Waals surface area contributed by atoms with E-state index in [-0.39, 0.29) is 11.3 Å². The Balaban J connectivity index is 1.45. The number of hydrogen-bond acceptors (Lipinski definition) is 5. The van der Waals surface area contributed by atoms with Crippen molar-refractivity contribution in [3.63, 3.8) is 0 Å². The molecule has 1 aliphatic carbocycles. The zero-order valence-corrected chi connectivity index (χ0v) is 14.1. The molecule has 3 aliphatic rings. The summed E-state index contributed by atoms with van der Waals surface area (Å²) < 4.78 is 0. The predicted octanol–water partition coefficient (Wildman–Crippen LogP) is 0.661. The number of likely N-dealkylation sites (tertiary alicyclic amines) is 1. The van der Waals surface area contributed by atoms with Gasteiger partial charge in [0.05, 0.1) is 12.0 Å². The maximum absolute atomic E-state index is 13.0. The fourth-order valence-electron chi connectivity index (χ4n) is 4.33. The quantitative estimate of drug-likeness (QED) is 0.553. The van der Waals surface area contributed by atoms with Gasteiger partial charge < -0.3 is 10.2 Å². The first-order valence-electron chi connectivity index (χ1n) is 8.98. The molecule has 1 spiro atoms. The second kappa shape index (κ2) is 6.38. The van der Waals surface area contributed by atoms with Gasteiger partial charge in [-0.3, -0.25) is 19.8 Å². The summed E-state index contributed by atoms with van der Waals surface area (Å²) in [6, 6.07) is 3.45. The molecule has 3 fully saturated rings. The summed E-state index contributed by atoms with van der Waals surface area (Å²) in [5.41, 5.74) is 3.10. The van der Waals surface area contributed by atoms with Crippen LogP contribution in [0.5, 0.6) is 0 Å². The van der Waals surface area contributed by atoms with Gasteiger partial charge in [0.15, 0.2) is 0 Å². The highest BCUT2D eigenvalue weighted by Crippen LogP contribution is 2.52. The van der Waals surface area contributed by atoms with E-state index < -0.39 is 17.9 Å². The highest BCUT2D eigenvalue weighted by molar-refractivity contribution is 5.90. The summed E-state index contributed by atoms with van der Waals surface area (Å²) in [6.07, 6.45) is 7.32. The average molecular weight is 344 g/mol. The number of pyridine rings is 1. The fraction of sp³-hybridized carbons (Fsp3) is 0.611. The number of carbonyl (C=O) groups is 2. The van der Waals surface area contributed by atoms with Crippen molar-refractivity contribution >= 4 is 11.8 Å². The van der Waals surface area contributed by atoms with Crippen LogP contribution in [0.1, 0.15) is 37.2 Å². The molecule has 1 aromatic rings. The zero-order valence-electron chi connectivity index (χ0n) is 14.1. The number of piperidine rings is 1. The maximum Gasteiger partial charge on any atom is 0.248 e. The Morgan fingerprint density at radius 1 is 1.32 bits per heavy atom. The predicted molar refractivity (Wildman–Crippen MR) is 89.7 cm³/mol. The zero-order chi connectivity index (χ0) is 17.4. The minimum absolute atomic E-state index is 0.0272. The molecule has 3 atom stereocenters. The number of carbonyl (C=O) groups excluding carboxylic acids is 2. The number of hydroxylamine groups is 1. The summed E-state index contributed by atoms with van der Waals surface area (Å²) in [4.78, 5) is 31.0. The standard InChI is InChI=1S/C18H24N4O3/c23-16(21-25)14-9-18(4-5-18)11-20-15(14)17(24)22-8-3-13(10-22)12-1-6-19-7-2-12/h1-2,6-7,13-15,20,25H,3-5,8-11H2,(H,21,23)/t13?,14-,15-/m0/s1. The molecule has 2 saturated heterocycles. The minimum atomic E-state index is -0.547. The van der Waals surface area contributed by atoms with Gasteiger partial charge in [0.25, 0.3) is 0 Å². The lowest BCUT2D eigenvalue weighted by molar-refractivity contribution is -0.144. The van der Waals surface area contributed by atoms with E-state index in [0.717, 1.165) is 25.8 Å². The van der Waals surface area contributed by atoms with Crippen LogP contribution in [0.15, 0.2) is 24.5 Å². The molecule has 25 heavy (non-hydrogen) atoms. The van der Waals surface area contributed by atoms with Gasteiger partial charge in [-0.05, 0) is 48.8 Å². The average Bonchev–Trinajstić information content (AvgIpc) is 3.22. The first kappa shape index (κ1) is 16.5. The summed E-state index contributed by atoms with van der Waals surface area (Å²) in [6.45, 7) is 2.14. The van der Waals surface area contributed by atoms with Crippen LogP contribution < -0.4 is 10.8 Å². The van der Waals surface area contributed by atoms with Crippen LogP contribution in [-0.4, -0.2) is 52.6 Å². The van der Waals surface area contributed by atoms with E-state index in [1.807, 2.05) is 17.0 Å². The van der Waals surface area contributed by atoms with E-state index in [0.29, 0.717) is 25.4 Å². The Hall–Kier alpha value is -1.99. The number of nitrogens with one attached hydrogen (secondary N) is 2. The number of aromatic nitrogens is 1. The van der Waals surface area contributed by atoms with E-state index in [9.17, 15) is 9.59 Å². The van der Waals surface area contributed by atoms with Gasteiger partial charge in [-0.2, -0.15) is 0 Å². The first-order chi connectivity index (χ1) is 12.1. The van der Waals surface area contributed by atoms with Crippen molar-refractivity contribution in [2.45, 2.75) is 37.6 Å². The Labute approximate surface area is 146 Å². The largest absolute Gasteiger partial charge is 0.341 e. The van der Waals surface area contributed by atoms with Crippen LogP contribution in [-0.2, 0) is 9.59 Å². The van der Waals surface area contributed by atoms with Crippen LogP contribution in [0.4, 0.5) is 0 Å². The SMILES string of the molecule is O=C(NO)[C@H]1CC2(CC2)CN[C@@H]1C(=O)N1CCC(c2ccncc2)C1. The smallest absolute Gasteiger partial charge is 0.248 e. The molecule has 0 bridgehead atoms. The third kappa shape index (κ3) is 3.14. The molecule has 3 N–H and O–H groups in total. The molecule has 1 unspecified atom stereocenters. The molecular weight excluding hydrogens is 320 g/mol. The number of rotatable bonds is 3. The normalized spacial score (nSPS) is 30.3. The summed E-state index contributed by atoms with van der Waals surface area (Å²) in [5, 5.41) is 12.4. The van der Waals surface area contributed by atoms with Crippen molar-refractivity contribution < 1.29 is 14.8 Å². The second-order valence-corrected chi connectivity index (χ2v) is 7.70. The van der Waals surface area contributed by atoms with Crippen molar-refractivity contribution in [2.75, 3.05) is 19.6 Å². The molecule has 134 valence electrons. The fourth-order valence-corrected chi connectivity index (χ4v) is 4.33. The summed E-state index contributed by atoms with van der Waals surface area (Å²) >= 11 is 0. The number of hydrogen-bond donors (Lipinski definition) is 3. The second-order valence-electron chi connectivity index (χ2n) is 7.70. The Kier molecular flexibility index (Phi) is 4.21. The van der Waals surface area contributed by atoms with Crippen LogP contribution >= 0.6 is 0 Å². The van der Waals surface area contributed by atoms with E-state index in [2.05, 4.69) is 10.3 Å². The van der Waals surface area contributed by atoms with Crippen LogP contribution in [0, 0.1) is 11.3 Å². The third-order valence-electron chi connectivity index (χ3n) is 6.10. The van der Waals surface area contributed by atoms with Gasteiger partial charge in [-0.1, -0.05) is 0 Å². The molecule has 0 radical (unpaired) electrons. The van der Waals surface area contributed by atoms with Crippen LogP contribution in [0.3, 0.4) is 0 Å². The lowest BCUT2D eigenvalue weighted by Gasteiger charge is -2.37.